The molecule has 0 aliphatic carbocycles. The second-order valence-electron chi connectivity index (χ2n) is 2.01. The van der Waals surface area contributed by atoms with Gasteiger partial charge in [0.25, 0.3) is 12.1 Å². The Morgan fingerprint density at radius 1 is 1.45 bits per heavy atom. The molecule has 1 heterocycles. The Bertz CT molecular complexity index is 223. The van der Waals surface area contributed by atoms with Crippen LogP contribution in [0.3, 0.4) is 0 Å². The van der Waals surface area contributed by atoms with E-state index >= 15 is 0 Å². The molecule has 1 saturated heterocycles. The number of amides is 1. The van der Waals surface area contributed by atoms with Crippen LogP contribution in [-0.2, 0) is 4.79 Å². The molecule has 0 atom stereocenters. The molecular weight excluding hydrogens is 150 g/mol. The average molecular weight is 157 g/mol. The zero-order valence-corrected chi connectivity index (χ0v) is 5.66. The highest BCUT2D eigenvalue weighted by Crippen LogP contribution is 1.92. The highest BCUT2D eigenvalue weighted by atomic mass is 16.6. The number of nitrogens with zero attached hydrogens (tertiary/aromatic N) is 1. The van der Waals surface area contributed by atoms with Crippen LogP contribution < -0.4 is 10.6 Å². The van der Waals surface area contributed by atoms with Crippen LogP contribution in [0.2, 0.25) is 0 Å². The third-order valence-corrected chi connectivity index (χ3v) is 1.21. The van der Waals surface area contributed by atoms with E-state index in [0.717, 1.165) is 0 Å². The normalized spacial score (nSPS) is 20.7. The highest BCUT2D eigenvalue weighted by molar-refractivity contribution is 5.93. The summed E-state index contributed by atoms with van der Waals surface area (Å²) >= 11 is 0. The summed E-state index contributed by atoms with van der Waals surface area (Å²) in [6.45, 7) is 1.04. The van der Waals surface area contributed by atoms with Crippen molar-refractivity contribution >= 4 is 5.91 Å². The minimum Gasteiger partial charge on any atom is -0.374 e. The van der Waals surface area contributed by atoms with E-state index in [4.69, 9.17) is 0 Å². The van der Waals surface area contributed by atoms with Crippen molar-refractivity contribution in [3.05, 3.63) is 22.0 Å². The maximum atomic E-state index is 10.8. The van der Waals surface area contributed by atoms with E-state index in [0.29, 0.717) is 19.3 Å². The third-order valence-electron chi connectivity index (χ3n) is 1.21. The van der Waals surface area contributed by atoms with E-state index in [-0.39, 0.29) is 5.70 Å². The Labute approximate surface area is 62.4 Å². The standard InChI is InChI=1S/C5H7N3O3/c9-5-4(3-8(10)11)6-1-2-7-5/h3,6H,1-2H2,(H,7,9). The highest BCUT2D eigenvalue weighted by Gasteiger charge is 2.16. The van der Waals surface area contributed by atoms with E-state index in [1.165, 1.54) is 0 Å². The van der Waals surface area contributed by atoms with Crippen molar-refractivity contribution in [1.29, 1.82) is 0 Å². The Morgan fingerprint density at radius 2 is 2.09 bits per heavy atom. The largest absolute Gasteiger partial charge is 0.374 e. The van der Waals surface area contributed by atoms with Crippen LogP contribution in [0.25, 0.3) is 0 Å². The van der Waals surface area contributed by atoms with Gasteiger partial charge in [0, 0.05) is 13.1 Å². The van der Waals surface area contributed by atoms with Gasteiger partial charge in [-0.05, 0) is 0 Å². The van der Waals surface area contributed by atoms with Crippen molar-refractivity contribution in [2.24, 2.45) is 0 Å². The molecule has 60 valence electrons. The fraction of sp³-hybridized carbons (Fsp3) is 0.400. The third kappa shape index (κ3) is 1.92. The van der Waals surface area contributed by atoms with Crippen LogP contribution >= 0.6 is 0 Å². The van der Waals surface area contributed by atoms with Gasteiger partial charge in [-0.2, -0.15) is 0 Å². The van der Waals surface area contributed by atoms with Gasteiger partial charge in [0.2, 0.25) is 0 Å². The first-order valence-electron chi connectivity index (χ1n) is 3.07. The first-order valence-corrected chi connectivity index (χ1v) is 3.07. The molecule has 1 fully saturated rings. The molecule has 0 aromatic heterocycles. The predicted octanol–water partition coefficient (Wildman–Crippen LogP) is -1.18. The summed E-state index contributed by atoms with van der Waals surface area (Å²) in [6.07, 6.45) is 0.661. The summed E-state index contributed by atoms with van der Waals surface area (Å²) in [4.78, 5) is 20.0. The number of rotatable bonds is 1. The maximum absolute atomic E-state index is 10.8. The second-order valence-corrected chi connectivity index (χ2v) is 2.01. The fourth-order valence-electron chi connectivity index (χ4n) is 0.758. The Kier molecular flexibility index (Phi) is 2.05. The van der Waals surface area contributed by atoms with Crippen molar-refractivity contribution in [1.82, 2.24) is 10.6 Å². The van der Waals surface area contributed by atoms with Crippen molar-refractivity contribution in [2.45, 2.75) is 0 Å². The van der Waals surface area contributed by atoms with Gasteiger partial charge in [-0.1, -0.05) is 0 Å². The second kappa shape index (κ2) is 3.00. The molecule has 6 nitrogen and oxygen atoms in total. The minimum absolute atomic E-state index is 0.0150. The quantitative estimate of drug-likeness (QED) is 0.285. The summed E-state index contributed by atoms with van der Waals surface area (Å²) in [5.74, 6) is -0.423. The number of carbonyl (C=O) groups is 1. The number of piperazine rings is 1. The zero-order valence-electron chi connectivity index (χ0n) is 5.66. The van der Waals surface area contributed by atoms with E-state index in [9.17, 15) is 14.9 Å². The lowest BCUT2D eigenvalue weighted by Gasteiger charge is -2.14. The van der Waals surface area contributed by atoms with Crippen LogP contribution in [0.1, 0.15) is 0 Å². The molecule has 1 aliphatic rings. The van der Waals surface area contributed by atoms with Gasteiger partial charge in [0.1, 0.15) is 0 Å². The fourth-order valence-corrected chi connectivity index (χ4v) is 0.758. The van der Waals surface area contributed by atoms with Crippen LogP contribution in [0, 0.1) is 10.1 Å². The number of hydrogen-bond donors (Lipinski definition) is 2. The van der Waals surface area contributed by atoms with Crippen molar-refractivity contribution in [3.8, 4) is 0 Å². The van der Waals surface area contributed by atoms with E-state index < -0.39 is 10.8 Å². The molecule has 0 aromatic carbocycles. The molecule has 0 spiro atoms. The summed E-state index contributed by atoms with van der Waals surface area (Å²) in [5, 5.41) is 15.0. The van der Waals surface area contributed by atoms with Crippen LogP contribution in [0.5, 0.6) is 0 Å². The van der Waals surface area contributed by atoms with Crippen molar-refractivity contribution in [3.63, 3.8) is 0 Å². The van der Waals surface area contributed by atoms with Gasteiger partial charge in [0.15, 0.2) is 5.70 Å². The lowest BCUT2D eigenvalue weighted by atomic mass is 10.3. The molecule has 6 heteroatoms. The van der Waals surface area contributed by atoms with Gasteiger partial charge in [-0.3, -0.25) is 14.9 Å². The van der Waals surface area contributed by atoms with Crippen molar-refractivity contribution in [2.75, 3.05) is 13.1 Å². The molecule has 1 amide bonds. The average Bonchev–Trinajstić information content (AvgIpc) is 1.93. The number of nitrogens with one attached hydrogen (secondary N) is 2. The van der Waals surface area contributed by atoms with Crippen molar-refractivity contribution < 1.29 is 9.72 Å². The van der Waals surface area contributed by atoms with E-state index in [1.807, 2.05) is 0 Å². The first kappa shape index (κ1) is 7.52. The molecule has 11 heavy (non-hydrogen) atoms. The molecule has 0 aromatic rings. The molecular formula is C5H7N3O3. The van der Waals surface area contributed by atoms with Crippen LogP contribution in [-0.4, -0.2) is 23.9 Å². The van der Waals surface area contributed by atoms with E-state index in [2.05, 4.69) is 10.6 Å². The molecule has 0 radical (unpaired) electrons. The lowest BCUT2D eigenvalue weighted by molar-refractivity contribution is -0.403. The Balaban J connectivity index is 2.68. The van der Waals surface area contributed by atoms with Gasteiger partial charge in [-0.25, -0.2) is 0 Å². The van der Waals surface area contributed by atoms with Gasteiger partial charge < -0.3 is 10.6 Å². The molecule has 1 rings (SSSR count). The molecule has 2 N–H and O–H groups in total. The zero-order chi connectivity index (χ0) is 8.27. The minimum atomic E-state index is -0.659. The topological polar surface area (TPSA) is 84.3 Å². The molecule has 0 saturated carbocycles. The SMILES string of the molecule is O=C1NCCNC1=C[N+](=O)[O-]. The van der Waals surface area contributed by atoms with E-state index in [1.54, 1.807) is 0 Å². The van der Waals surface area contributed by atoms with Gasteiger partial charge in [-0.15, -0.1) is 0 Å². The first-order chi connectivity index (χ1) is 5.20. The summed E-state index contributed by atoms with van der Waals surface area (Å²) < 4.78 is 0. The number of hydrogen-bond acceptors (Lipinski definition) is 4. The maximum Gasteiger partial charge on any atom is 0.273 e. The number of nitro groups is 1. The lowest BCUT2D eigenvalue weighted by Crippen LogP contribution is -2.43. The van der Waals surface area contributed by atoms with Crippen LogP contribution in [0.15, 0.2) is 11.9 Å². The van der Waals surface area contributed by atoms with Gasteiger partial charge >= 0.3 is 0 Å². The van der Waals surface area contributed by atoms with Crippen LogP contribution in [0.4, 0.5) is 0 Å². The van der Waals surface area contributed by atoms with Gasteiger partial charge in [0.05, 0.1) is 4.92 Å². The smallest absolute Gasteiger partial charge is 0.273 e. The molecule has 0 unspecified atom stereocenters. The molecule has 1 aliphatic heterocycles. The Hall–Kier alpha value is -1.59. The summed E-state index contributed by atoms with van der Waals surface area (Å²) in [5.41, 5.74) is 0.0150. The molecule has 0 bridgehead atoms. The monoisotopic (exact) mass is 157 g/mol. The number of carbonyl (C=O) groups excluding carboxylic acids is 1. The predicted molar refractivity (Wildman–Crippen MR) is 36.1 cm³/mol. The Morgan fingerprint density at radius 3 is 2.64 bits per heavy atom. The summed E-state index contributed by atoms with van der Waals surface area (Å²) in [7, 11) is 0. The summed E-state index contributed by atoms with van der Waals surface area (Å²) in [6, 6.07) is 0.